The van der Waals surface area contributed by atoms with E-state index in [1.807, 2.05) is 0 Å². The second kappa shape index (κ2) is 3.61. The summed E-state index contributed by atoms with van der Waals surface area (Å²) in [5.74, 6) is 0. The van der Waals surface area contributed by atoms with Crippen LogP contribution in [-0.4, -0.2) is 9.55 Å². The molecule has 0 aliphatic rings. The molecule has 1 rings (SSSR count). The standard InChI is InChI=1S/C9H12N4O2/c1-9(2,4-10)5-13-3-6(11)7(14)12-8(13)15/h3H,5,11H2,1-2H3,(H,12,14,15). The Bertz CT molecular complexity index is 518. The summed E-state index contributed by atoms with van der Waals surface area (Å²) in [4.78, 5) is 24.4. The predicted molar refractivity (Wildman–Crippen MR) is 55.1 cm³/mol. The largest absolute Gasteiger partial charge is 0.393 e. The molecular formula is C9H12N4O2. The molecule has 0 amide bonds. The Labute approximate surface area is 86.0 Å². The summed E-state index contributed by atoms with van der Waals surface area (Å²) < 4.78 is 1.22. The highest BCUT2D eigenvalue weighted by molar-refractivity contribution is 5.30. The normalized spacial score (nSPS) is 11.0. The summed E-state index contributed by atoms with van der Waals surface area (Å²) >= 11 is 0. The number of nitrogen functional groups attached to an aromatic ring is 1. The van der Waals surface area contributed by atoms with Crippen LogP contribution in [0.25, 0.3) is 0 Å². The van der Waals surface area contributed by atoms with Crippen molar-refractivity contribution in [3.63, 3.8) is 0 Å². The van der Waals surface area contributed by atoms with E-state index in [9.17, 15) is 9.59 Å². The highest BCUT2D eigenvalue weighted by Gasteiger charge is 2.18. The molecule has 6 heteroatoms. The van der Waals surface area contributed by atoms with E-state index in [4.69, 9.17) is 11.0 Å². The summed E-state index contributed by atoms with van der Waals surface area (Å²) in [6, 6.07) is 2.06. The fraction of sp³-hybridized carbons (Fsp3) is 0.444. The lowest BCUT2D eigenvalue weighted by Crippen LogP contribution is -2.34. The first-order valence-electron chi connectivity index (χ1n) is 4.36. The lowest BCUT2D eigenvalue weighted by molar-refractivity contribution is 0.397. The Morgan fingerprint density at radius 3 is 2.73 bits per heavy atom. The number of nitrogens with two attached hydrogens (primary N) is 1. The molecule has 0 saturated heterocycles. The Morgan fingerprint density at radius 2 is 2.20 bits per heavy atom. The molecule has 1 aromatic heterocycles. The Hall–Kier alpha value is -2.03. The number of aromatic amines is 1. The number of hydrogen-bond acceptors (Lipinski definition) is 4. The topological polar surface area (TPSA) is 105 Å². The third kappa shape index (κ3) is 2.47. The van der Waals surface area contributed by atoms with Crippen LogP contribution in [0.2, 0.25) is 0 Å². The van der Waals surface area contributed by atoms with Crippen LogP contribution in [0.5, 0.6) is 0 Å². The molecule has 0 unspecified atom stereocenters. The van der Waals surface area contributed by atoms with Crippen LogP contribution in [-0.2, 0) is 6.54 Å². The molecule has 0 aliphatic heterocycles. The zero-order valence-electron chi connectivity index (χ0n) is 8.57. The zero-order chi connectivity index (χ0) is 11.6. The van der Waals surface area contributed by atoms with E-state index >= 15 is 0 Å². The van der Waals surface area contributed by atoms with Gasteiger partial charge in [-0.1, -0.05) is 0 Å². The Kier molecular flexibility index (Phi) is 2.66. The van der Waals surface area contributed by atoms with Crippen LogP contribution in [0.1, 0.15) is 13.8 Å². The van der Waals surface area contributed by atoms with E-state index in [-0.39, 0.29) is 12.2 Å². The van der Waals surface area contributed by atoms with Crippen molar-refractivity contribution in [1.82, 2.24) is 9.55 Å². The maximum Gasteiger partial charge on any atom is 0.328 e. The molecule has 0 saturated carbocycles. The van der Waals surface area contributed by atoms with Crippen LogP contribution < -0.4 is 17.0 Å². The number of nitriles is 1. The zero-order valence-corrected chi connectivity index (χ0v) is 8.57. The Morgan fingerprint density at radius 1 is 1.60 bits per heavy atom. The fourth-order valence-corrected chi connectivity index (χ4v) is 1.10. The number of aromatic nitrogens is 2. The van der Waals surface area contributed by atoms with E-state index in [1.165, 1.54) is 10.8 Å². The van der Waals surface area contributed by atoms with Gasteiger partial charge in [0, 0.05) is 12.7 Å². The molecule has 0 aliphatic carbocycles. The highest BCUT2D eigenvalue weighted by Crippen LogP contribution is 2.14. The molecule has 0 fully saturated rings. The van der Waals surface area contributed by atoms with E-state index in [0.717, 1.165) is 0 Å². The lowest BCUT2D eigenvalue weighted by Gasteiger charge is -2.16. The van der Waals surface area contributed by atoms with Gasteiger partial charge in [0.25, 0.3) is 5.56 Å². The van der Waals surface area contributed by atoms with Crippen LogP contribution in [0.4, 0.5) is 5.69 Å². The smallest absolute Gasteiger partial charge is 0.328 e. The summed E-state index contributed by atoms with van der Waals surface area (Å²) in [6.45, 7) is 3.57. The summed E-state index contributed by atoms with van der Waals surface area (Å²) in [6.07, 6.45) is 1.25. The highest BCUT2D eigenvalue weighted by atomic mass is 16.2. The third-order valence-electron chi connectivity index (χ3n) is 1.91. The van der Waals surface area contributed by atoms with Crippen LogP contribution in [0.15, 0.2) is 15.8 Å². The van der Waals surface area contributed by atoms with Gasteiger partial charge in [-0.3, -0.25) is 14.3 Å². The van der Waals surface area contributed by atoms with Crippen molar-refractivity contribution in [2.45, 2.75) is 20.4 Å². The first kappa shape index (κ1) is 11.0. The van der Waals surface area contributed by atoms with Gasteiger partial charge in [0.1, 0.15) is 5.69 Å². The molecule has 0 radical (unpaired) electrons. The van der Waals surface area contributed by atoms with Gasteiger partial charge in [-0.05, 0) is 13.8 Å². The quantitative estimate of drug-likeness (QED) is 0.694. The van der Waals surface area contributed by atoms with Crippen LogP contribution in [0.3, 0.4) is 0 Å². The molecular weight excluding hydrogens is 196 g/mol. The van der Waals surface area contributed by atoms with Crippen molar-refractivity contribution >= 4 is 5.69 Å². The molecule has 0 spiro atoms. The molecule has 3 N–H and O–H groups in total. The van der Waals surface area contributed by atoms with Gasteiger partial charge in [-0.15, -0.1) is 0 Å². The number of rotatable bonds is 2. The first-order valence-corrected chi connectivity index (χ1v) is 4.36. The SMILES string of the molecule is CC(C)(C#N)Cn1cc(N)c(=O)[nH]c1=O. The van der Waals surface area contributed by atoms with Crippen LogP contribution >= 0.6 is 0 Å². The minimum absolute atomic E-state index is 0.0386. The van der Waals surface area contributed by atoms with Gasteiger partial charge >= 0.3 is 5.69 Å². The first-order chi connectivity index (χ1) is 6.85. The van der Waals surface area contributed by atoms with Crippen molar-refractivity contribution in [2.75, 3.05) is 5.73 Å². The summed E-state index contributed by atoms with van der Waals surface area (Å²) in [5.41, 5.74) is 3.48. The number of anilines is 1. The minimum atomic E-state index is -0.686. The minimum Gasteiger partial charge on any atom is -0.393 e. The molecule has 6 nitrogen and oxygen atoms in total. The number of H-pyrrole nitrogens is 1. The van der Waals surface area contributed by atoms with Gasteiger partial charge in [-0.25, -0.2) is 4.79 Å². The number of nitrogens with one attached hydrogen (secondary N) is 1. The molecule has 15 heavy (non-hydrogen) atoms. The second-order valence-corrected chi connectivity index (χ2v) is 3.97. The monoisotopic (exact) mass is 208 g/mol. The predicted octanol–water partition coefficient (Wildman–Crippen LogP) is -0.331. The molecule has 0 atom stereocenters. The third-order valence-corrected chi connectivity index (χ3v) is 1.91. The molecule has 1 aromatic rings. The van der Waals surface area contributed by atoms with E-state index in [1.54, 1.807) is 13.8 Å². The second-order valence-electron chi connectivity index (χ2n) is 3.97. The average Bonchev–Trinajstić information content (AvgIpc) is 2.14. The van der Waals surface area contributed by atoms with E-state index in [2.05, 4.69) is 11.1 Å². The maximum atomic E-state index is 11.3. The molecule has 0 aromatic carbocycles. The average molecular weight is 208 g/mol. The fourth-order valence-electron chi connectivity index (χ4n) is 1.10. The van der Waals surface area contributed by atoms with Gasteiger partial charge in [0.2, 0.25) is 0 Å². The van der Waals surface area contributed by atoms with Crippen molar-refractivity contribution in [1.29, 1.82) is 5.26 Å². The van der Waals surface area contributed by atoms with Crippen LogP contribution in [0, 0.1) is 16.7 Å². The van der Waals surface area contributed by atoms with Crippen molar-refractivity contribution in [2.24, 2.45) is 5.41 Å². The van der Waals surface area contributed by atoms with Gasteiger partial charge in [0.15, 0.2) is 0 Å². The molecule has 0 bridgehead atoms. The number of nitrogens with zero attached hydrogens (tertiary/aromatic N) is 2. The molecule has 1 heterocycles. The summed E-state index contributed by atoms with van der Waals surface area (Å²) in [5, 5.41) is 8.80. The Balaban J connectivity index is 3.19. The number of hydrogen-bond donors (Lipinski definition) is 2. The van der Waals surface area contributed by atoms with E-state index in [0.29, 0.717) is 0 Å². The van der Waals surface area contributed by atoms with E-state index < -0.39 is 16.7 Å². The molecule has 80 valence electrons. The van der Waals surface area contributed by atoms with Gasteiger partial charge in [-0.2, -0.15) is 5.26 Å². The van der Waals surface area contributed by atoms with Crippen molar-refractivity contribution in [3.05, 3.63) is 27.0 Å². The van der Waals surface area contributed by atoms with Gasteiger partial charge in [0.05, 0.1) is 11.5 Å². The van der Waals surface area contributed by atoms with Crippen molar-refractivity contribution < 1.29 is 0 Å². The summed E-state index contributed by atoms with van der Waals surface area (Å²) in [7, 11) is 0. The lowest BCUT2D eigenvalue weighted by atomic mass is 9.96. The maximum absolute atomic E-state index is 11.3. The van der Waals surface area contributed by atoms with Crippen molar-refractivity contribution in [3.8, 4) is 6.07 Å². The van der Waals surface area contributed by atoms with Gasteiger partial charge < -0.3 is 5.73 Å².